The number of anilines is 1. The topological polar surface area (TPSA) is 77.1 Å². The van der Waals surface area contributed by atoms with E-state index in [1.54, 1.807) is 31.4 Å². The molecule has 7 nitrogen and oxygen atoms in total. The number of nitrogens with one attached hydrogen (secondary N) is 1. The van der Waals surface area contributed by atoms with Crippen LogP contribution in [0.1, 0.15) is 32.3 Å². The monoisotopic (exact) mass is 438 g/mol. The summed E-state index contributed by atoms with van der Waals surface area (Å²) in [7, 11) is 1.60. The molecule has 0 saturated heterocycles. The van der Waals surface area contributed by atoms with Gasteiger partial charge in [0, 0.05) is 32.0 Å². The van der Waals surface area contributed by atoms with E-state index in [1.165, 1.54) is 4.90 Å². The molecule has 0 spiro atoms. The number of hydrogen-bond donors (Lipinski definition) is 1. The summed E-state index contributed by atoms with van der Waals surface area (Å²) in [5, 5.41) is 3.17. The molecule has 7 heteroatoms. The van der Waals surface area contributed by atoms with Crippen LogP contribution in [0, 0.1) is 0 Å². The average Bonchev–Trinajstić information content (AvgIpc) is 3.03. The Hall–Kier alpha value is -3.32. The van der Waals surface area contributed by atoms with Crippen LogP contribution in [0.2, 0.25) is 0 Å². The fourth-order valence-electron chi connectivity index (χ4n) is 3.44. The summed E-state index contributed by atoms with van der Waals surface area (Å²) in [6.45, 7) is 5.86. The van der Waals surface area contributed by atoms with Crippen LogP contribution in [0.4, 0.5) is 5.69 Å². The largest absolute Gasteiger partial charge is 0.494 e. The Morgan fingerprint density at radius 3 is 2.38 bits per heavy atom. The van der Waals surface area contributed by atoms with Gasteiger partial charge in [0.2, 0.25) is 0 Å². The Balaban J connectivity index is 1.94. The first-order valence-corrected chi connectivity index (χ1v) is 10.9. The zero-order valence-corrected chi connectivity index (χ0v) is 18.8. The zero-order valence-electron chi connectivity index (χ0n) is 18.8. The van der Waals surface area contributed by atoms with Crippen molar-refractivity contribution in [3.8, 4) is 11.5 Å². The van der Waals surface area contributed by atoms with Crippen molar-refractivity contribution in [3.63, 3.8) is 0 Å². The highest BCUT2D eigenvalue weighted by Gasteiger charge is 2.38. The van der Waals surface area contributed by atoms with Gasteiger partial charge in [0.25, 0.3) is 11.8 Å². The van der Waals surface area contributed by atoms with Crippen molar-refractivity contribution >= 4 is 23.1 Å². The molecule has 0 saturated carbocycles. The summed E-state index contributed by atoms with van der Waals surface area (Å²) in [6.07, 6.45) is 1.46. The quantitative estimate of drug-likeness (QED) is 0.397. The first kappa shape index (κ1) is 23.3. The Kier molecular flexibility index (Phi) is 8.27. The SMILES string of the molecule is CCCOc1cccc(NC2=C(c3ccc(OCC)cc3)C(=O)N(CCCOC)C2=O)c1. The van der Waals surface area contributed by atoms with E-state index in [-0.39, 0.29) is 24.1 Å². The maximum atomic E-state index is 13.2. The third kappa shape index (κ3) is 5.48. The van der Waals surface area contributed by atoms with Crippen LogP contribution in [0.25, 0.3) is 5.57 Å². The van der Waals surface area contributed by atoms with Gasteiger partial charge in [-0.25, -0.2) is 0 Å². The molecule has 2 aromatic rings. The molecule has 1 heterocycles. The lowest BCUT2D eigenvalue weighted by molar-refractivity contribution is -0.136. The second-order valence-corrected chi connectivity index (χ2v) is 7.32. The maximum Gasteiger partial charge on any atom is 0.278 e. The molecule has 2 amide bonds. The molecule has 0 aromatic heterocycles. The van der Waals surface area contributed by atoms with Crippen LogP contribution in [-0.4, -0.2) is 50.2 Å². The van der Waals surface area contributed by atoms with Gasteiger partial charge >= 0.3 is 0 Å². The number of carbonyl (C=O) groups is 2. The number of rotatable bonds is 12. The minimum atomic E-state index is -0.352. The van der Waals surface area contributed by atoms with Gasteiger partial charge in [-0.3, -0.25) is 14.5 Å². The number of ether oxygens (including phenoxy) is 3. The lowest BCUT2D eigenvalue weighted by Gasteiger charge is -2.15. The third-order valence-corrected chi connectivity index (χ3v) is 4.93. The summed E-state index contributed by atoms with van der Waals surface area (Å²) in [5.74, 6) is 0.737. The molecule has 1 N–H and O–H groups in total. The van der Waals surface area contributed by atoms with Crippen LogP contribution in [-0.2, 0) is 14.3 Å². The van der Waals surface area contributed by atoms with Gasteiger partial charge in [0.05, 0.1) is 18.8 Å². The number of imide groups is 1. The number of methoxy groups -OCH3 is 1. The highest BCUT2D eigenvalue weighted by Crippen LogP contribution is 2.32. The standard InChI is InChI=1S/C25H30N2O5/c1-4-15-32-21-9-6-8-19(17-21)26-23-22(18-10-12-20(13-11-18)31-5-2)24(28)27(25(23)29)14-7-16-30-3/h6,8-13,17,26H,4-5,7,14-16H2,1-3H3. The molecule has 0 atom stereocenters. The molecular weight excluding hydrogens is 408 g/mol. The molecule has 0 radical (unpaired) electrons. The van der Waals surface area contributed by atoms with Crippen LogP contribution in [0.5, 0.6) is 11.5 Å². The molecule has 0 bridgehead atoms. The van der Waals surface area contributed by atoms with Gasteiger partial charge in [0.1, 0.15) is 17.2 Å². The number of amides is 2. The lowest BCUT2D eigenvalue weighted by atomic mass is 10.0. The zero-order chi connectivity index (χ0) is 22.9. The van der Waals surface area contributed by atoms with E-state index in [0.717, 1.165) is 6.42 Å². The molecule has 32 heavy (non-hydrogen) atoms. The third-order valence-electron chi connectivity index (χ3n) is 4.93. The minimum Gasteiger partial charge on any atom is -0.494 e. The molecule has 0 fully saturated rings. The summed E-state index contributed by atoms with van der Waals surface area (Å²) in [4.78, 5) is 27.7. The van der Waals surface area contributed by atoms with E-state index in [2.05, 4.69) is 5.32 Å². The van der Waals surface area contributed by atoms with Crippen LogP contribution in [0.3, 0.4) is 0 Å². The number of benzene rings is 2. The molecule has 3 rings (SSSR count). The van der Waals surface area contributed by atoms with E-state index >= 15 is 0 Å². The highest BCUT2D eigenvalue weighted by atomic mass is 16.5. The van der Waals surface area contributed by atoms with Gasteiger partial charge in [0.15, 0.2) is 0 Å². The van der Waals surface area contributed by atoms with E-state index in [0.29, 0.717) is 54.6 Å². The Labute approximate surface area is 189 Å². The van der Waals surface area contributed by atoms with Crippen molar-refractivity contribution in [2.45, 2.75) is 26.7 Å². The summed E-state index contributed by atoms with van der Waals surface area (Å²) >= 11 is 0. The number of nitrogens with zero attached hydrogens (tertiary/aromatic N) is 1. The van der Waals surface area contributed by atoms with E-state index in [4.69, 9.17) is 14.2 Å². The molecular formula is C25H30N2O5. The minimum absolute atomic E-state index is 0.254. The molecule has 0 aliphatic carbocycles. The molecule has 1 aliphatic rings. The van der Waals surface area contributed by atoms with Gasteiger partial charge in [-0.2, -0.15) is 0 Å². The predicted octanol–water partition coefficient (Wildman–Crippen LogP) is 4.10. The van der Waals surface area contributed by atoms with Crippen LogP contribution in [0.15, 0.2) is 54.2 Å². The van der Waals surface area contributed by atoms with Gasteiger partial charge in [-0.05, 0) is 49.6 Å². The lowest BCUT2D eigenvalue weighted by Crippen LogP contribution is -2.33. The van der Waals surface area contributed by atoms with Crippen LogP contribution < -0.4 is 14.8 Å². The van der Waals surface area contributed by atoms with Crippen molar-refractivity contribution in [2.75, 3.05) is 38.8 Å². The van der Waals surface area contributed by atoms with Crippen molar-refractivity contribution in [3.05, 3.63) is 59.8 Å². The van der Waals surface area contributed by atoms with Crippen molar-refractivity contribution in [2.24, 2.45) is 0 Å². The maximum absolute atomic E-state index is 13.2. The summed E-state index contributed by atoms with van der Waals surface area (Å²) < 4.78 is 16.3. The van der Waals surface area contributed by atoms with Gasteiger partial charge in [-0.1, -0.05) is 25.1 Å². The molecule has 0 unspecified atom stereocenters. The Morgan fingerprint density at radius 1 is 0.906 bits per heavy atom. The van der Waals surface area contributed by atoms with Crippen LogP contribution >= 0.6 is 0 Å². The first-order chi connectivity index (χ1) is 15.6. The second kappa shape index (κ2) is 11.3. The fourth-order valence-corrected chi connectivity index (χ4v) is 3.44. The van der Waals surface area contributed by atoms with E-state index in [1.807, 2.05) is 38.1 Å². The van der Waals surface area contributed by atoms with E-state index in [9.17, 15) is 9.59 Å². The predicted molar refractivity (Wildman–Crippen MR) is 124 cm³/mol. The van der Waals surface area contributed by atoms with E-state index < -0.39 is 0 Å². The molecule has 170 valence electrons. The average molecular weight is 439 g/mol. The van der Waals surface area contributed by atoms with Gasteiger partial charge < -0.3 is 19.5 Å². The van der Waals surface area contributed by atoms with Crippen molar-refractivity contribution in [1.29, 1.82) is 0 Å². The fraction of sp³-hybridized carbons (Fsp3) is 0.360. The van der Waals surface area contributed by atoms with Crippen molar-refractivity contribution in [1.82, 2.24) is 4.90 Å². The number of carbonyl (C=O) groups excluding carboxylic acids is 2. The van der Waals surface area contributed by atoms with Gasteiger partial charge in [-0.15, -0.1) is 0 Å². The second-order valence-electron chi connectivity index (χ2n) is 7.32. The highest BCUT2D eigenvalue weighted by molar-refractivity contribution is 6.36. The Morgan fingerprint density at radius 2 is 1.69 bits per heavy atom. The molecule has 1 aliphatic heterocycles. The summed E-state index contributed by atoms with van der Waals surface area (Å²) in [6, 6.07) is 14.6. The first-order valence-electron chi connectivity index (χ1n) is 10.9. The molecule has 2 aromatic carbocycles. The van der Waals surface area contributed by atoms with Crippen molar-refractivity contribution < 1.29 is 23.8 Å². The summed E-state index contributed by atoms with van der Waals surface area (Å²) in [5.41, 5.74) is 1.93. The normalized spacial score (nSPS) is 13.7. The Bertz CT molecular complexity index is 969. The number of hydrogen-bond acceptors (Lipinski definition) is 6. The smallest absolute Gasteiger partial charge is 0.278 e.